The molecule has 0 bridgehead atoms. The molecule has 0 aromatic carbocycles. The number of hydrogen-bond donors (Lipinski definition) is 1. The van der Waals surface area contributed by atoms with Crippen LogP contribution in [0.15, 0.2) is 0 Å². The van der Waals surface area contributed by atoms with Crippen molar-refractivity contribution in [1.82, 2.24) is 15.1 Å². The fourth-order valence-electron chi connectivity index (χ4n) is 1.56. The molecule has 0 aliphatic carbocycles. The Hall–Kier alpha value is -1.57. The predicted molar refractivity (Wildman–Crippen MR) is 60.5 cm³/mol. The maximum Gasteiger partial charge on any atom is 0.409 e. The van der Waals surface area contributed by atoms with Gasteiger partial charge in [-0.25, -0.2) is 4.79 Å². The Bertz CT molecular complexity index is 374. The van der Waals surface area contributed by atoms with E-state index in [9.17, 15) is 4.79 Å². The molecule has 1 saturated heterocycles. The van der Waals surface area contributed by atoms with Gasteiger partial charge < -0.3 is 20.3 Å². The summed E-state index contributed by atoms with van der Waals surface area (Å²) in [4.78, 5) is 15.0. The van der Waals surface area contributed by atoms with Crippen molar-refractivity contribution in [3.8, 4) is 0 Å². The standard InChI is InChI=1S/C8H13N5O2S/c1-15-8(14)13-4-2-12(3-5-13)7-11-10-6(9)16-7/h2-5H2,1H3,(H2,9,10). The number of ether oxygens (including phenoxy) is 1. The molecular weight excluding hydrogens is 230 g/mol. The molecule has 1 aliphatic rings. The fourth-order valence-corrected chi connectivity index (χ4v) is 2.23. The Morgan fingerprint density at radius 3 is 2.56 bits per heavy atom. The largest absolute Gasteiger partial charge is 0.453 e. The molecule has 2 rings (SSSR count). The minimum absolute atomic E-state index is 0.281. The van der Waals surface area contributed by atoms with E-state index in [4.69, 9.17) is 5.73 Å². The summed E-state index contributed by atoms with van der Waals surface area (Å²) in [6, 6.07) is 0. The Morgan fingerprint density at radius 1 is 1.38 bits per heavy atom. The first-order valence-electron chi connectivity index (χ1n) is 4.87. The number of methoxy groups -OCH3 is 1. The SMILES string of the molecule is COC(=O)N1CCN(c2nnc(N)s2)CC1. The Labute approximate surface area is 96.8 Å². The van der Waals surface area contributed by atoms with Gasteiger partial charge in [-0.2, -0.15) is 0 Å². The van der Waals surface area contributed by atoms with E-state index in [1.54, 1.807) is 4.90 Å². The van der Waals surface area contributed by atoms with E-state index in [0.717, 1.165) is 18.2 Å². The van der Waals surface area contributed by atoms with Crippen LogP contribution in [0.4, 0.5) is 15.1 Å². The van der Waals surface area contributed by atoms with E-state index < -0.39 is 0 Å². The lowest BCUT2D eigenvalue weighted by molar-refractivity contribution is 0.121. The fraction of sp³-hybridized carbons (Fsp3) is 0.625. The molecule has 0 radical (unpaired) electrons. The number of aromatic nitrogens is 2. The zero-order valence-electron chi connectivity index (χ0n) is 8.92. The van der Waals surface area contributed by atoms with E-state index in [-0.39, 0.29) is 6.09 Å². The van der Waals surface area contributed by atoms with E-state index in [2.05, 4.69) is 19.8 Å². The van der Waals surface area contributed by atoms with Gasteiger partial charge in [-0.15, -0.1) is 10.2 Å². The van der Waals surface area contributed by atoms with Crippen molar-refractivity contribution in [1.29, 1.82) is 0 Å². The molecule has 2 N–H and O–H groups in total. The van der Waals surface area contributed by atoms with Gasteiger partial charge in [-0.1, -0.05) is 11.3 Å². The second-order valence-electron chi connectivity index (χ2n) is 3.37. The maximum atomic E-state index is 11.3. The third-order valence-electron chi connectivity index (χ3n) is 2.41. The Balaban J connectivity index is 1.92. The molecule has 0 unspecified atom stereocenters. The number of carbonyl (C=O) groups is 1. The van der Waals surface area contributed by atoms with Crippen molar-refractivity contribution < 1.29 is 9.53 Å². The molecule has 88 valence electrons. The second-order valence-corrected chi connectivity index (χ2v) is 4.35. The quantitative estimate of drug-likeness (QED) is 0.748. The van der Waals surface area contributed by atoms with Crippen LogP contribution in [-0.4, -0.2) is 54.5 Å². The molecule has 1 aromatic heterocycles. The zero-order chi connectivity index (χ0) is 11.5. The molecular formula is C8H13N5O2S. The van der Waals surface area contributed by atoms with Gasteiger partial charge >= 0.3 is 6.09 Å². The first-order valence-corrected chi connectivity index (χ1v) is 5.69. The molecule has 1 aromatic rings. The van der Waals surface area contributed by atoms with Crippen molar-refractivity contribution in [3.05, 3.63) is 0 Å². The lowest BCUT2D eigenvalue weighted by Gasteiger charge is -2.33. The summed E-state index contributed by atoms with van der Waals surface area (Å²) < 4.78 is 4.66. The van der Waals surface area contributed by atoms with Gasteiger partial charge in [0.05, 0.1) is 7.11 Å². The van der Waals surface area contributed by atoms with Crippen molar-refractivity contribution in [2.45, 2.75) is 0 Å². The summed E-state index contributed by atoms with van der Waals surface area (Å²) in [6.45, 7) is 2.71. The highest BCUT2D eigenvalue weighted by atomic mass is 32.1. The molecule has 8 heteroatoms. The third kappa shape index (κ3) is 2.16. The normalized spacial score (nSPS) is 16.3. The number of nitrogens with zero attached hydrogens (tertiary/aromatic N) is 4. The second kappa shape index (κ2) is 4.52. The minimum Gasteiger partial charge on any atom is -0.453 e. The highest BCUT2D eigenvalue weighted by Gasteiger charge is 2.23. The number of nitrogen functional groups attached to an aromatic ring is 1. The van der Waals surface area contributed by atoms with Crippen LogP contribution in [0.5, 0.6) is 0 Å². The molecule has 0 spiro atoms. The highest BCUT2D eigenvalue weighted by molar-refractivity contribution is 7.18. The molecule has 1 fully saturated rings. The third-order valence-corrected chi connectivity index (χ3v) is 3.23. The van der Waals surface area contributed by atoms with E-state index in [1.807, 2.05) is 0 Å². The summed E-state index contributed by atoms with van der Waals surface area (Å²) in [7, 11) is 1.39. The molecule has 1 aliphatic heterocycles. The smallest absolute Gasteiger partial charge is 0.409 e. The number of carbonyl (C=O) groups excluding carboxylic acids is 1. The summed E-state index contributed by atoms with van der Waals surface area (Å²) in [5.41, 5.74) is 5.52. The van der Waals surface area contributed by atoms with Crippen LogP contribution in [0.1, 0.15) is 0 Å². The average Bonchev–Trinajstić information content (AvgIpc) is 2.75. The first-order chi connectivity index (χ1) is 7.70. The van der Waals surface area contributed by atoms with Crippen molar-refractivity contribution in [2.75, 3.05) is 43.9 Å². The van der Waals surface area contributed by atoms with Gasteiger partial charge in [0.15, 0.2) is 0 Å². The van der Waals surface area contributed by atoms with Gasteiger partial charge in [0.2, 0.25) is 10.3 Å². The molecule has 0 atom stereocenters. The average molecular weight is 243 g/mol. The van der Waals surface area contributed by atoms with Crippen LogP contribution >= 0.6 is 11.3 Å². The van der Waals surface area contributed by atoms with Crippen LogP contribution in [0.3, 0.4) is 0 Å². The number of piperazine rings is 1. The van der Waals surface area contributed by atoms with Crippen molar-refractivity contribution in [2.24, 2.45) is 0 Å². The molecule has 2 heterocycles. The predicted octanol–water partition coefficient (Wildman–Crippen LogP) is 0.00870. The maximum absolute atomic E-state index is 11.3. The van der Waals surface area contributed by atoms with Crippen molar-refractivity contribution >= 4 is 27.7 Å². The minimum atomic E-state index is -0.281. The summed E-state index contributed by atoms with van der Waals surface area (Å²) in [5.74, 6) is 0. The van der Waals surface area contributed by atoms with Gasteiger partial charge in [0, 0.05) is 26.2 Å². The number of nitrogens with two attached hydrogens (primary N) is 1. The lowest BCUT2D eigenvalue weighted by Crippen LogP contribution is -2.48. The number of hydrogen-bond acceptors (Lipinski definition) is 7. The summed E-state index contributed by atoms with van der Waals surface area (Å²) >= 11 is 1.36. The first kappa shape index (κ1) is 10.9. The zero-order valence-corrected chi connectivity index (χ0v) is 9.74. The highest BCUT2D eigenvalue weighted by Crippen LogP contribution is 2.22. The Kier molecular flexibility index (Phi) is 3.09. The van der Waals surface area contributed by atoms with Crippen molar-refractivity contribution in [3.63, 3.8) is 0 Å². The van der Waals surface area contributed by atoms with Gasteiger partial charge in [-0.05, 0) is 0 Å². The van der Waals surface area contributed by atoms with E-state index in [0.29, 0.717) is 18.2 Å². The van der Waals surface area contributed by atoms with E-state index in [1.165, 1.54) is 18.4 Å². The monoisotopic (exact) mass is 243 g/mol. The topological polar surface area (TPSA) is 84.6 Å². The number of anilines is 2. The van der Waals surface area contributed by atoms with Gasteiger partial charge in [0.1, 0.15) is 0 Å². The molecule has 0 saturated carbocycles. The lowest BCUT2D eigenvalue weighted by atomic mass is 10.3. The van der Waals surface area contributed by atoms with Gasteiger partial charge in [0.25, 0.3) is 0 Å². The Morgan fingerprint density at radius 2 is 2.06 bits per heavy atom. The molecule has 7 nitrogen and oxygen atoms in total. The van der Waals surface area contributed by atoms with Gasteiger partial charge in [-0.3, -0.25) is 0 Å². The molecule has 1 amide bonds. The van der Waals surface area contributed by atoms with Crippen LogP contribution in [-0.2, 0) is 4.74 Å². The van der Waals surface area contributed by atoms with E-state index >= 15 is 0 Å². The summed E-state index contributed by atoms with van der Waals surface area (Å²) in [6.07, 6.45) is -0.281. The van der Waals surface area contributed by atoms with Crippen LogP contribution in [0.25, 0.3) is 0 Å². The summed E-state index contributed by atoms with van der Waals surface area (Å²) in [5, 5.41) is 9.00. The van der Waals surface area contributed by atoms with Crippen LogP contribution in [0.2, 0.25) is 0 Å². The molecule has 16 heavy (non-hydrogen) atoms. The van der Waals surface area contributed by atoms with Crippen LogP contribution in [0, 0.1) is 0 Å². The number of rotatable bonds is 1. The number of amides is 1. The van der Waals surface area contributed by atoms with Crippen LogP contribution < -0.4 is 10.6 Å².